The Morgan fingerprint density at radius 2 is 1.95 bits per heavy atom. The zero-order valence-electron chi connectivity index (χ0n) is 11.7. The SMILES string of the molecule is O=C(CCl)N1c2c(Br)cc(Br)cc2CCC1c1ccccc1. The predicted octanol–water partition coefficient (Wildman–Crippen LogP) is 5.47. The van der Waals surface area contributed by atoms with Crippen molar-refractivity contribution in [2.45, 2.75) is 18.9 Å². The lowest BCUT2D eigenvalue weighted by molar-refractivity contribution is -0.116. The number of anilines is 1. The summed E-state index contributed by atoms with van der Waals surface area (Å²) in [5.41, 5.74) is 3.24. The van der Waals surface area contributed by atoms with E-state index >= 15 is 0 Å². The van der Waals surface area contributed by atoms with Gasteiger partial charge < -0.3 is 4.90 Å². The number of hydrogen-bond donors (Lipinski definition) is 0. The van der Waals surface area contributed by atoms with Crippen LogP contribution in [-0.4, -0.2) is 11.8 Å². The molecule has 0 N–H and O–H groups in total. The van der Waals surface area contributed by atoms with E-state index in [2.05, 4.69) is 50.1 Å². The van der Waals surface area contributed by atoms with E-state index in [1.807, 2.05) is 29.2 Å². The van der Waals surface area contributed by atoms with E-state index in [0.29, 0.717) is 0 Å². The van der Waals surface area contributed by atoms with Crippen LogP contribution in [0.3, 0.4) is 0 Å². The molecule has 22 heavy (non-hydrogen) atoms. The lowest BCUT2D eigenvalue weighted by Gasteiger charge is -2.38. The Morgan fingerprint density at radius 3 is 2.64 bits per heavy atom. The van der Waals surface area contributed by atoms with Gasteiger partial charge in [-0.1, -0.05) is 46.3 Å². The predicted molar refractivity (Wildman–Crippen MR) is 97.6 cm³/mol. The van der Waals surface area contributed by atoms with Crippen molar-refractivity contribution in [2.24, 2.45) is 0 Å². The highest BCUT2D eigenvalue weighted by molar-refractivity contribution is 9.11. The van der Waals surface area contributed by atoms with Gasteiger partial charge in [0.2, 0.25) is 5.91 Å². The van der Waals surface area contributed by atoms with Crippen LogP contribution in [0.2, 0.25) is 0 Å². The lowest BCUT2D eigenvalue weighted by atomic mass is 9.91. The highest BCUT2D eigenvalue weighted by Gasteiger charge is 2.33. The molecule has 1 unspecified atom stereocenters. The Balaban J connectivity index is 2.13. The third-order valence-corrected chi connectivity index (χ3v) is 5.21. The minimum absolute atomic E-state index is 0.0225. The standard InChI is InChI=1S/C17H14Br2ClNO/c18-13-8-12-6-7-15(11-4-2-1-3-5-11)21(16(22)10-20)17(12)14(19)9-13/h1-5,8-9,15H,6-7,10H2. The highest BCUT2D eigenvalue weighted by atomic mass is 79.9. The number of amides is 1. The van der Waals surface area contributed by atoms with Gasteiger partial charge in [0.15, 0.2) is 0 Å². The van der Waals surface area contributed by atoms with Crippen molar-refractivity contribution in [3.05, 3.63) is 62.5 Å². The fourth-order valence-corrected chi connectivity index (χ4v) is 4.64. The molecule has 0 spiro atoms. The summed E-state index contributed by atoms with van der Waals surface area (Å²) in [5, 5.41) is 0. The molecule has 3 rings (SSSR count). The van der Waals surface area contributed by atoms with Gasteiger partial charge in [-0.25, -0.2) is 0 Å². The van der Waals surface area contributed by atoms with E-state index in [9.17, 15) is 4.79 Å². The second kappa shape index (κ2) is 6.73. The Hall–Kier alpha value is -0.840. The first-order valence-corrected chi connectivity index (χ1v) is 9.14. The molecule has 2 nitrogen and oxygen atoms in total. The van der Waals surface area contributed by atoms with Crippen LogP contribution in [0.25, 0.3) is 0 Å². The van der Waals surface area contributed by atoms with Crippen molar-refractivity contribution in [1.29, 1.82) is 0 Å². The molecule has 1 atom stereocenters. The molecule has 1 heterocycles. The highest BCUT2D eigenvalue weighted by Crippen LogP contribution is 2.44. The minimum atomic E-state index is -0.0699. The summed E-state index contributed by atoms with van der Waals surface area (Å²) < 4.78 is 1.92. The molecule has 0 fully saturated rings. The molecule has 1 amide bonds. The topological polar surface area (TPSA) is 20.3 Å². The van der Waals surface area contributed by atoms with Gasteiger partial charge in [-0.3, -0.25) is 4.79 Å². The van der Waals surface area contributed by atoms with Crippen LogP contribution in [-0.2, 0) is 11.2 Å². The number of rotatable bonds is 2. The molecular weight excluding hydrogens is 429 g/mol. The fourth-order valence-electron chi connectivity index (χ4n) is 3.01. The zero-order valence-corrected chi connectivity index (χ0v) is 15.7. The number of carbonyl (C=O) groups excluding carboxylic acids is 1. The Morgan fingerprint density at radius 1 is 1.23 bits per heavy atom. The van der Waals surface area contributed by atoms with E-state index in [-0.39, 0.29) is 17.8 Å². The third-order valence-electron chi connectivity index (χ3n) is 3.91. The van der Waals surface area contributed by atoms with Gasteiger partial charge in [-0.05, 0) is 52.0 Å². The second-order valence-electron chi connectivity index (χ2n) is 5.26. The minimum Gasteiger partial charge on any atom is -0.302 e. The first kappa shape index (κ1) is 16.0. The van der Waals surface area contributed by atoms with Crippen LogP contribution in [0.4, 0.5) is 5.69 Å². The number of carbonyl (C=O) groups is 1. The molecule has 2 aromatic rings. The van der Waals surface area contributed by atoms with Gasteiger partial charge in [0.25, 0.3) is 0 Å². The van der Waals surface area contributed by atoms with Crippen molar-refractivity contribution >= 4 is 55.1 Å². The quantitative estimate of drug-likeness (QED) is 0.564. The molecular formula is C17H14Br2ClNO. The van der Waals surface area contributed by atoms with Crippen molar-refractivity contribution in [2.75, 3.05) is 10.8 Å². The monoisotopic (exact) mass is 441 g/mol. The zero-order chi connectivity index (χ0) is 15.7. The van der Waals surface area contributed by atoms with E-state index in [4.69, 9.17) is 11.6 Å². The summed E-state index contributed by atoms with van der Waals surface area (Å²) in [7, 11) is 0. The Labute approximate surface area is 151 Å². The van der Waals surface area contributed by atoms with Gasteiger partial charge in [-0.2, -0.15) is 0 Å². The maximum Gasteiger partial charge on any atom is 0.242 e. The average Bonchev–Trinajstić information content (AvgIpc) is 2.53. The van der Waals surface area contributed by atoms with Gasteiger partial charge in [-0.15, -0.1) is 11.6 Å². The van der Waals surface area contributed by atoms with Crippen molar-refractivity contribution in [1.82, 2.24) is 0 Å². The maximum absolute atomic E-state index is 12.5. The molecule has 0 radical (unpaired) electrons. The largest absolute Gasteiger partial charge is 0.302 e. The summed E-state index contributed by atoms with van der Waals surface area (Å²) in [6, 6.07) is 14.2. The molecule has 114 valence electrons. The van der Waals surface area contributed by atoms with Gasteiger partial charge >= 0.3 is 0 Å². The first-order valence-electron chi connectivity index (χ1n) is 7.02. The number of halogens is 3. The third kappa shape index (κ3) is 2.97. The van der Waals surface area contributed by atoms with Crippen molar-refractivity contribution < 1.29 is 4.79 Å². The average molecular weight is 444 g/mol. The molecule has 0 bridgehead atoms. The van der Waals surface area contributed by atoms with Crippen LogP contribution in [0.15, 0.2) is 51.4 Å². The normalized spacial score (nSPS) is 17.2. The number of aryl methyl sites for hydroxylation is 1. The smallest absolute Gasteiger partial charge is 0.242 e. The molecule has 0 aromatic heterocycles. The summed E-state index contributed by atoms with van der Waals surface area (Å²) in [5.74, 6) is -0.0925. The van der Waals surface area contributed by atoms with Crippen LogP contribution in [0, 0.1) is 0 Å². The number of alkyl halides is 1. The van der Waals surface area contributed by atoms with Crippen LogP contribution >= 0.6 is 43.5 Å². The van der Waals surface area contributed by atoms with Gasteiger partial charge in [0.05, 0.1) is 11.7 Å². The molecule has 0 aliphatic carbocycles. The molecule has 1 aliphatic heterocycles. The van der Waals surface area contributed by atoms with E-state index < -0.39 is 0 Å². The van der Waals surface area contributed by atoms with E-state index in [1.165, 1.54) is 0 Å². The molecule has 0 saturated heterocycles. The molecule has 1 aliphatic rings. The van der Waals surface area contributed by atoms with Gasteiger partial charge in [0, 0.05) is 8.95 Å². The summed E-state index contributed by atoms with van der Waals surface area (Å²) in [6.45, 7) is 0. The van der Waals surface area contributed by atoms with Crippen molar-refractivity contribution in [3.8, 4) is 0 Å². The fraction of sp³-hybridized carbons (Fsp3) is 0.235. The lowest BCUT2D eigenvalue weighted by Crippen LogP contribution is -2.39. The second-order valence-corrected chi connectivity index (χ2v) is 7.30. The Kier molecular flexibility index (Phi) is 4.91. The number of nitrogens with zero attached hydrogens (tertiary/aromatic N) is 1. The summed E-state index contributed by atoms with van der Waals surface area (Å²) in [4.78, 5) is 14.4. The molecule has 0 saturated carbocycles. The van der Waals surface area contributed by atoms with Crippen LogP contribution in [0.1, 0.15) is 23.6 Å². The first-order chi connectivity index (χ1) is 10.6. The van der Waals surface area contributed by atoms with Gasteiger partial charge in [0.1, 0.15) is 5.88 Å². The van der Waals surface area contributed by atoms with Crippen molar-refractivity contribution in [3.63, 3.8) is 0 Å². The van der Waals surface area contributed by atoms with E-state index in [1.54, 1.807) is 0 Å². The molecule has 2 aromatic carbocycles. The number of hydrogen-bond acceptors (Lipinski definition) is 1. The summed E-state index contributed by atoms with van der Waals surface area (Å²) in [6.07, 6.45) is 1.82. The maximum atomic E-state index is 12.5. The molecule has 5 heteroatoms. The van der Waals surface area contributed by atoms with Crippen LogP contribution in [0.5, 0.6) is 0 Å². The number of fused-ring (bicyclic) bond motifs is 1. The summed E-state index contributed by atoms with van der Waals surface area (Å²) >= 11 is 13.0. The Bertz CT molecular complexity index is 705. The van der Waals surface area contributed by atoms with E-state index in [0.717, 1.165) is 38.6 Å². The van der Waals surface area contributed by atoms with Crippen LogP contribution < -0.4 is 4.90 Å². The number of benzene rings is 2.